The van der Waals surface area contributed by atoms with Crippen LogP contribution in [0.1, 0.15) is 12.5 Å². The first-order valence-electron chi connectivity index (χ1n) is 10.0. The summed E-state index contributed by atoms with van der Waals surface area (Å²) in [6, 6.07) is 14.6. The fraction of sp³-hybridized carbons (Fsp3) is 0.261. The second-order valence-corrected chi connectivity index (χ2v) is 7.79. The number of anilines is 2. The Balaban J connectivity index is 1.86. The minimum atomic E-state index is -2.26. The zero-order valence-corrected chi connectivity index (χ0v) is 17.4. The Morgan fingerprint density at radius 2 is 1.78 bits per heavy atom. The van der Waals surface area contributed by atoms with Crippen molar-refractivity contribution in [2.45, 2.75) is 18.3 Å². The summed E-state index contributed by atoms with van der Waals surface area (Å²) in [4.78, 5) is 26.2. The molecule has 1 unspecified atom stereocenters. The van der Waals surface area contributed by atoms with E-state index in [1.807, 2.05) is 6.07 Å². The number of aliphatic hydroxyl groups is 1. The van der Waals surface area contributed by atoms with Gasteiger partial charge in [0.25, 0.3) is 11.6 Å². The van der Waals surface area contributed by atoms with Crippen LogP contribution >= 0.6 is 0 Å². The maximum Gasteiger partial charge on any atom is 0.293 e. The second-order valence-electron chi connectivity index (χ2n) is 7.79. The summed E-state index contributed by atoms with van der Waals surface area (Å²) in [5, 5.41) is 25.1. The molecule has 1 fully saturated rings. The van der Waals surface area contributed by atoms with Gasteiger partial charge in [-0.2, -0.15) is 0 Å². The van der Waals surface area contributed by atoms with Gasteiger partial charge in [-0.05, 0) is 42.0 Å². The molecule has 32 heavy (non-hydrogen) atoms. The van der Waals surface area contributed by atoms with E-state index in [1.54, 1.807) is 30.3 Å². The highest BCUT2D eigenvalue weighted by Crippen LogP contribution is 2.55. The van der Waals surface area contributed by atoms with E-state index in [0.717, 1.165) is 5.39 Å². The minimum Gasteiger partial charge on any atom is -0.497 e. The number of rotatable bonds is 4. The SMILES string of the molecule is COc1ccc2ccc3c(c2c1)C(O)(C1(C)OCCO1)C(=O)N3c1ccccc1[N+](=O)[O-]. The summed E-state index contributed by atoms with van der Waals surface area (Å²) in [6.07, 6.45) is 0. The maximum atomic E-state index is 13.9. The van der Waals surface area contributed by atoms with Crippen molar-refractivity contribution < 1.29 is 29.0 Å². The summed E-state index contributed by atoms with van der Waals surface area (Å²) in [6.45, 7) is 1.89. The standard InChI is InChI=1S/C23H20N2O7/c1-22(31-11-12-32-22)23(27)20-16-13-15(30-2)9-7-14(16)8-10-19(20)24(21(23)26)17-5-3-4-6-18(17)25(28)29/h3-10,13,27H,11-12H2,1-2H3. The molecule has 2 aliphatic rings. The fourth-order valence-electron chi connectivity index (χ4n) is 4.55. The first-order valence-corrected chi connectivity index (χ1v) is 10.0. The van der Waals surface area contributed by atoms with Gasteiger partial charge in [0, 0.05) is 11.6 Å². The lowest BCUT2D eigenvalue weighted by Gasteiger charge is -2.36. The first-order chi connectivity index (χ1) is 15.3. The molecule has 3 aromatic rings. The molecule has 9 heteroatoms. The molecule has 0 radical (unpaired) electrons. The predicted molar refractivity (Wildman–Crippen MR) is 115 cm³/mol. The Morgan fingerprint density at radius 1 is 1.09 bits per heavy atom. The molecule has 1 atom stereocenters. The number of carbonyl (C=O) groups excluding carboxylic acids is 1. The van der Waals surface area contributed by atoms with Gasteiger partial charge in [-0.15, -0.1) is 0 Å². The monoisotopic (exact) mass is 436 g/mol. The van der Waals surface area contributed by atoms with E-state index in [1.165, 1.54) is 37.1 Å². The van der Waals surface area contributed by atoms with Gasteiger partial charge in [0.2, 0.25) is 11.4 Å². The molecular weight excluding hydrogens is 416 g/mol. The molecule has 0 saturated carbocycles. The van der Waals surface area contributed by atoms with Crippen molar-refractivity contribution in [3.63, 3.8) is 0 Å². The van der Waals surface area contributed by atoms with Gasteiger partial charge >= 0.3 is 0 Å². The zero-order valence-electron chi connectivity index (χ0n) is 17.4. The molecule has 0 aromatic heterocycles. The van der Waals surface area contributed by atoms with Gasteiger partial charge in [-0.3, -0.25) is 19.8 Å². The lowest BCUT2D eigenvalue weighted by atomic mass is 9.84. The van der Waals surface area contributed by atoms with Crippen LogP contribution in [0.15, 0.2) is 54.6 Å². The summed E-state index contributed by atoms with van der Waals surface area (Å²) in [5.41, 5.74) is -1.91. The van der Waals surface area contributed by atoms with Gasteiger partial charge in [0.1, 0.15) is 11.4 Å². The Labute approximate surface area is 182 Å². The van der Waals surface area contributed by atoms with E-state index >= 15 is 0 Å². The van der Waals surface area contributed by atoms with E-state index in [0.29, 0.717) is 16.8 Å². The predicted octanol–water partition coefficient (Wildman–Crippen LogP) is 3.39. The normalized spacial score (nSPS) is 21.7. The van der Waals surface area contributed by atoms with Crippen molar-refractivity contribution in [3.8, 4) is 5.75 Å². The van der Waals surface area contributed by atoms with Crippen LogP contribution in [-0.2, 0) is 19.9 Å². The van der Waals surface area contributed by atoms with Gasteiger partial charge in [0.15, 0.2) is 0 Å². The molecule has 2 heterocycles. The second kappa shape index (κ2) is 6.99. The van der Waals surface area contributed by atoms with Crippen LogP contribution in [0, 0.1) is 10.1 Å². The minimum absolute atomic E-state index is 0.0449. The van der Waals surface area contributed by atoms with Crippen molar-refractivity contribution in [3.05, 3.63) is 70.3 Å². The number of hydrogen-bond acceptors (Lipinski definition) is 7. The number of hydrogen-bond donors (Lipinski definition) is 1. The van der Waals surface area contributed by atoms with Gasteiger partial charge in [0.05, 0.1) is 30.9 Å². The third-order valence-corrected chi connectivity index (χ3v) is 6.14. The van der Waals surface area contributed by atoms with Crippen LogP contribution in [0.4, 0.5) is 17.1 Å². The molecule has 9 nitrogen and oxygen atoms in total. The van der Waals surface area contributed by atoms with Crippen molar-refractivity contribution >= 4 is 33.7 Å². The average Bonchev–Trinajstić information content (AvgIpc) is 3.35. The molecular formula is C23H20N2O7. The molecule has 3 aromatic carbocycles. The van der Waals surface area contributed by atoms with E-state index in [4.69, 9.17) is 14.2 Å². The molecule has 1 amide bonds. The Morgan fingerprint density at radius 3 is 2.47 bits per heavy atom. The van der Waals surface area contributed by atoms with Crippen molar-refractivity contribution in [1.29, 1.82) is 0 Å². The van der Waals surface area contributed by atoms with E-state index in [2.05, 4.69) is 0 Å². The van der Waals surface area contributed by atoms with Crippen molar-refractivity contribution in [1.82, 2.24) is 0 Å². The quantitative estimate of drug-likeness (QED) is 0.493. The van der Waals surface area contributed by atoms with E-state index in [-0.39, 0.29) is 30.2 Å². The van der Waals surface area contributed by atoms with Crippen LogP contribution in [0.5, 0.6) is 5.75 Å². The largest absolute Gasteiger partial charge is 0.497 e. The first kappa shape index (κ1) is 20.4. The Hall–Kier alpha value is -3.53. The summed E-state index contributed by atoms with van der Waals surface area (Å²) < 4.78 is 16.8. The number of amides is 1. The van der Waals surface area contributed by atoms with Crippen LogP contribution in [0.3, 0.4) is 0 Å². The highest BCUT2D eigenvalue weighted by molar-refractivity contribution is 6.17. The Bertz CT molecular complexity index is 1270. The number of fused-ring (bicyclic) bond motifs is 3. The maximum absolute atomic E-state index is 13.9. The number of benzene rings is 3. The fourth-order valence-corrected chi connectivity index (χ4v) is 4.55. The van der Waals surface area contributed by atoms with Crippen LogP contribution in [0.25, 0.3) is 10.8 Å². The van der Waals surface area contributed by atoms with Crippen LogP contribution in [-0.4, -0.2) is 42.0 Å². The summed E-state index contributed by atoms with van der Waals surface area (Å²) >= 11 is 0. The molecule has 2 aliphatic heterocycles. The average molecular weight is 436 g/mol. The number of methoxy groups -OCH3 is 1. The number of ether oxygens (including phenoxy) is 3. The molecule has 1 saturated heterocycles. The number of para-hydroxylation sites is 2. The van der Waals surface area contributed by atoms with Crippen LogP contribution < -0.4 is 9.64 Å². The van der Waals surface area contributed by atoms with Crippen molar-refractivity contribution in [2.75, 3.05) is 25.2 Å². The highest BCUT2D eigenvalue weighted by atomic mass is 16.7. The van der Waals surface area contributed by atoms with Gasteiger partial charge < -0.3 is 19.3 Å². The van der Waals surface area contributed by atoms with E-state index < -0.39 is 22.2 Å². The van der Waals surface area contributed by atoms with E-state index in [9.17, 15) is 20.0 Å². The zero-order chi connectivity index (χ0) is 22.7. The number of nitrogens with zero attached hydrogens (tertiary/aromatic N) is 2. The lowest BCUT2D eigenvalue weighted by molar-refractivity contribution is -0.384. The molecule has 0 aliphatic carbocycles. The highest BCUT2D eigenvalue weighted by Gasteiger charge is 2.65. The smallest absolute Gasteiger partial charge is 0.293 e. The van der Waals surface area contributed by atoms with Crippen LogP contribution in [0.2, 0.25) is 0 Å². The summed E-state index contributed by atoms with van der Waals surface area (Å²) in [5.74, 6) is -1.95. The van der Waals surface area contributed by atoms with Gasteiger partial charge in [-0.25, -0.2) is 0 Å². The Kier molecular flexibility index (Phi) is 4.45. The molecule has 0 bridgehead atoms. The molecule has 5 rings (SSSR count). The topological polar surface area (TPSA) is 111 Å². The van der Waals surface area contributed by atoms with Gasteiger partial charge in [-0.1, -0.05) is 24.3 Å². The number of carbonyl (C=O) groups is 1. The molecule has 1 N–H and O–H groups in total. The number of nitro benzene ring substituents is 1. The number of nitro groups is 1. The third kappa shape index (κ3) is 2.59. The third-order valence-electron chi connectivity index (χ3n) is 6.14. The lowest BCUT2D eigenvalue weighted by Crippen LogP contribution is -2.56. The molecule has 164 valence electrons. The van der Waals surface area contributed by atoms with Crippen molar-refractivity contribution in [2.24, 2.45) is 0 Å². The molecule has 0 spiro atoms. The summed E-state index contributed by atoms with van der Waals surface area (Å²) in [7, 11) is 1.52.